The van der Waals surface area contributed by atoms with Gasteiger partial charge in [0.1, 0.15) is 11.6 Å². The average molecular weight is 287 g/mol. The Bertz CT molecular complexity index is 593. The van der Waals surface area contributed by atoms with Crippen LogP contribution in [0.3, 0.4) is 0 Å². The normalized spacial score (nSPS) is 11.8. The second-order valence-corrected chi connectivity index (χ2v) is 4.70. The van der Waals surface area contributed by atoms with Gasteiger partial charge in [-0.15, -0.1) is 0 Å². The quantitative estimate of drug-likeness (QED) is 0.910. The number of hydrogen-bond donors (Lipinski definition) is 1. The molecule has 0 bridgehead atoms. The Morgan fingerprint density at radius 3 is 2.33 bits per heavy atom. The lowest BCUT2D eigenvalue weighted by Gasteiger charge is -2.14. The Kier molecular flexibility index (Phi) is 4.93. The molecule has 0 heterocycles. The Morgan fingerprint density at radius 1 is 1.14 bits per heavy atom. The molecule has 0 fully saturated rings. The summed E-state index contributed by atoms with van der Waals surface area (Å²) in [5.74, 6) is 0.277. The first-order chi connectivity index (χ1) is 10.1. The number of halogens is 1. The largest absolute Gasteiger partial charge is 0.494 e. The third kappa shape index (κ3) is 4.05. The van der Waals surface area contributed by atoms with Crippen LogP contribution in [0.2, 0.25) is 0 Å². The van der Waals surface area contributed by atoms with E-state index in [0.717, 1.165) is 11.3 Å². The molecule has 110 valence electrons. The summed E-state index contributed by atoms with van der Waals surface area (Å²) >= 11 is 0. The number of amides is 1. The molecule has 0 saturated carbocycles. The maximum Gasteiger partial charge on any atom is 0.251 e. The van der Waals surface area contributed by atoms with Crippen molar-refractivity contribution in [1.82, 2.24) is 5.32 Å². The molecule has 0 aliphatic heterocycles. The van der Waals surface area contributed by atoms with E-state index in [4.69, 9.17) is 4.74 Å². The van der Waals surface area contributed by atoms with Crippen LogP contribution in [0.4, 0.5) is 4.39 Å². The maximum absolute atomic E-state index is 12.9. The molecule has 4 heteroatoms. The van der Waals surface area contributed by atoms with Gasteiger partial charge >= 0.3 is 0 Å². The van der Waals surface area contributed by atoms with Gasteiger partial charge in [-0.3, -0.25) is 4.79 Å². The van der Waals surface area contributed by atoms with E-state index in [-0.39, 0.29) is 17.8 Å². The van der Waals surface area contributed by atoms with Gasteiger partial charge in [0, 0.05) is 5.56 Å². The van der Waals surface area contributed by atoms with Crippen LogP contribution in [-0.4, -0.2) is 12.5 Å². The SMILES string of the molecule is CCOc1ccc(C(=O)NC(C)c2ccc(F)cc2)cc1. The highest BCUT2D eigenvalue weighted by Gasteiger charge is 2.11. The zero-order valence-corrected chi connectivity index (χ0v) is 12.1. The van der Waals surface area contributed by atoms with Crippen molar-refractivity contribution in [3.63, 3.8) is 0 Å². The van der Waals surface area contributed by atoms with Gasteiger partial charge in [0.25, 0.3) is 5.91 Å². The Morgan fingerprint density at radius 2 is 1.76 bits per heavy atom. The lowest BCUT2D eigenvalue weighted by atomic mass is 10.1. The summed E-state index contributed by atoms with van der Waals surface area (Å²) in [5.41, 5.74) is 1.42. The van der Waals surface area contributed by atoms with Crippen molar-refractivity contribution in [3.8, 4) is 5.75 Å². The van der Waals surface area contributed by atoms with Gasteiger partial charge in [-0.1, -0.05) is 12.1 Å². The molecule has 0 aromatic heterocycles. The molecule has 21 heavy (non-hydrogen) atoms. The molecule has 1 amide bonds. The topological polar surface area (TPSA) is 38.3 Å². The van der Waals surface area contributed by atoms with Gasteiger partial charge in [0.2, 0.25) is 0 Å². The highest BCUT2D eigenvalue weighted by atomic mass is 19.1. The number of carbonyl (C=O) groups excluding carboxylic acids is 1. The minimum atomic E-state index is -0.288. The van der Waals surface area contributed by atoms with Crippen molar-refractivity contribution in [2.45, 2.75) is 19.9 Å². The summed E-state index contributed by atoms with van der Waals surface area (Å²) in [5, 5.41) is 2.88. The van der Waals surface area contributed by atoms with Crippen molar-refractivity contribution in [2.75, 3.05) is 6.61 Å². The fraction of sp³-hybridized carbons (Fsp3) is 0.235. The van der Waals surface area contributed by atoms with E-state index in [1.54, 1.807) is 36.4 Å². The molecule has 2 rings (SSSR count). The van der Waals surface area contributed by atoms with Gasteiger partial charge in [-0.25, -0.2) is 4.39 Å². The van der Waals surface area contributed by atoms with E-state index in [1.807, 2.05) is 13.8 Å². The number of rotatable bonds is 5. The summed E-state index contributed by atoms with van der Waals surface area (Å²) in [6.07, 6.45) is 0. The summed E-state index contributed by atoms with van der Waals surface area (Å²) < 4.78 is 18.2. The van der Waals surface area contributed by atoms with Crippen molar-refractivity contribution in [2.24, 2.45) is 0 Å². The number of ether oxygens (including phenoxy) is 1. The molecule has 0 aliphatic rings. The molecule has 2 aromatic carbocycles. The van der Waals surface area contributed by atoms with Crippen LogP contribution in [0.1, 0.15) is 35.8 Å². The van der Waals surface area contributed by atoms with Crippen LogP contribution < -0.4 is 10.1 Å². The van der Waals surface area contributed by atoms with Gasteiger partial charge in [-0.2, -0.15) is 0 Å². The van der Waals surface area contributed by atoms with Crippen LogP contribution in [0.5, 0.6) is 5.75 Å². The van der Waals surface area contributed by atoms with Crippen molar-refractivity contribution in [3.05, 3.63) is 65.5 Å². The molecule has 3 nitrogen and oxygen atoms in total. The van der Waals surface area contributed by atoms with Crippen LogP contribution >= 0.6 is 0 Å². The zero-order chi connectivity index (χ0) is 15.2. The molecule has 0 saturated heterocycles. The summed E-state index contributed by atoms with van der Waals surface area (Å²) in [4.78, 5) is 12.1. The molecule has 1 atom stereocenters. The standard InChI is InChI=1S/C17H18FNO2/c1-3-21-16-10-6-14(7-11-16)17(20)19-12(2)13-4-8-15(18)9-5-13/h4-12H,3H2,1-2H3,(H,19,20). The molecule has 0 radical (unpaired) electrons. The first kappa shape index (κ1) is 15.0. The Hall–Kier alpha value is -2.36. The molecule has 0 aliphatic carbocycles. The predicted molar refractivity (Wildman–Crippen MR) is 79.9 cm³/mol. The lowest BCUT2D eigenvalue weighted by molar-refractivity contribution is 0.0940. The van der Waals surface area contributed by atoms with Crippen LogP contribution in [-0.2, 0) is 0 Å². The van der Waals surface area contributed by atoms with E-state index >= 15 is 0 Å². The maximum atomic E-state index is 12.9. The fourth-order valence-corrected chi connectivity index (χ4v) is 1.98. The minimum absolute atomic E-state index is 0.171. The molecular weight excluding hydrogens is 269 g/mol. The van der Waals surface area contributed by atoms with Crippen LogP contribution in [0.25, 0.3) is 0 Å². The van der Waals surface area contributed by atoms with E-state index in [9.17, 15) is 9.18 Å². The highest BCUT2D eigenvalue weighted by Crippen LogP contribution is 2.15. The molecule has 0 spiro atoms. The third-order valence-corrected chi connectivity index (χ3v) is 3.15. The average Bonchev–Trinajstić information content (AvgIpc) is 2.49. The minimum Gasteiger partial charge on any atom is -0.494 e. The van der Waals surface area contributed by atoms with E-state index < -0.39 is 0 Å². The van der Waals surface area contributed by atoms with Gasteiger partial charge in [0.15, 0.2) is 0 Å². The molecule has 2 aromatic rings. The monoisotopic (exact) mass is 287 g/mol. The first-order valence-electron chi connectivity index (χ1n) is 6.89. The predicted octanol–water partition coefficient (Wildman–Crippen LogP) is 3.72. The van der Waals surface area contributed by atoms with E-state index in [1.165, 1.54) is 12.1 Å². The highest BCUT2D eigenvalue weighted by molar-refractivity contribution is 5.94. The van der Waals surface area contributed by atoms with Crippen molar-refractivity contribution in [1.29, 1.82) is 0 Å². The van der Waals surface area contributed by atoms with Gasteiger partial charge in [0.05, 0.1) is 12.6 Å². The van der Waals surface area contributed by atoms with Crippen LogP contribution in [0.15, 0.2) is 48.5 Å². The number of benzene rings is 2. The zero-order valence-electron chi connectivity index (χ0n) is 12.1. The summed E-state index contributed by atoms with van der Waals surface area (Å²) in [7, 11) is 0. The number of carbonyl (C=O) groups is 1. The van der Waals surface area contributed by atoms with Gasteiger partial charge < -0.3 is 10.1 Å². The van der Waals surface area contributed by atoms with Gasteiger partial charge in [-0.05, 0) is 55.8 Å². The second-order valence-electron chi connectivity index (χ2n) is 4.70. The van der Waals surface area contributed by atoms with E-state index in [2.05, 4.69) is 5.32 Å². The molecule has 1 unspecified atom stereocenters. The molecule has 1 N–H and O–H groups in total. The third-order valence-electron chi connectivity index (χ3n) is 3.15. The lowest BCUT2D eigenvalue weighted by Crippen LogP contribution is -2.26. The second kappa shape index (κ2) is 6.88. The summed E-state index contributed by atoms with van der Waals surface area (Å²) in [6, 6.07) is 12.9. The number of hydrogen-bond acceptors (Lipinski definition) is 2. The smallest absolute Gasteiger partial charge is 0.251 e. The summed E-state index contributed by atoms with van der Waals surface area (Å²) in [6.45, 7) is 4.36. The van der Waals surface area contributed by atoms with Crippen LogP contribution in [0, 0.1) is 5.82 Å². The fourth-order valence-electron chi connectivity index (χ4n) is 1.98. The van der Waals surface area contributed by atoms with E-state index in [0.29, 0.717) is 12.2 Å². The first-order valence-corrected chi connectivity index (χ1v) is 6.89. The Balaban J connectivity index is 2.01. The molecular formula is C17H18FNO2. The van der Waals surface area contributed by atoms with Crippen molar-refractivity contribution < 1.29 is 13.9 Å². The number of nitrogens with one attached hydrogen (secondary N) is 1. The Labute approximate surface area is 123 Å². The van der Waals surface area contributed by atoms with Crippen molar-refractivity contribution >= 4 is 5.91 Å².